The van der Waals surface area contributed by atoms with Crippen LogP contribution in [0.5, 0.6) is 5.75 Å². The molecule has 2 aromatic carbocycles. The topological polar surface area (TPSA) is 76.7 Å². The highest BCUT2D eigenvalue weighted by Gasteiger charge is 2.28. The maximum atomic E-state index is 12.2. The molecule has 2 N–H and O–H groups in total. The van der Waals surface area contributed by atoms with Crippen molar-refractivity contribution in [2.75, 3.05) is 26.1 Å². The number of halogens is 2. The SMILES string of the molecule is COc1ccc(Cl)cc1NC(=O)C(=O)NCC(C)(OC)c1cccc(Cl)c1. The van der Waals surface area contributed by atoms with Crippen LogP contribution in [0.2, 0.25) is 10.0 Å². The number of carbonyl (C=O) groups excluding carboxylic acids is 2. The summed E-state index contributed by atoms with van der Waals surface area (Å²) in [5, 5.41) is 6.01. The summed E-state index contributed by atoms with van der Waals surface area (Å²) in [6.45, 7) is 1.86. The fourth-order valence-electron chi connectivity index (χ4n) is 2.40. The van der Waals surface area contributed by atoms with Crippen LogP contribution >= 0.6 is 23.2 Å². The van der Waals surface area contributed by atoms with E-state index in [1.54, 1.807) is 37.3 Å². The molecule has 0 aliphatic rings. The highest BCUT2D eigenvalue weighted by molar-refractivity contribution is 6.40. The lowest BCUT2D eigenvalue weighted by Gasteiger charge is -2.29. The monoisotopic (exact) mass is 410 g/mol. The van der Waals surface area contributed by atoms with Crippen molar-refractivity contribution >= 4 is 40.7 Å². The first-order valence-corrected chi connectivity index (χ1v) is 8.78. The normalized spacial score (nSPS) is 12.8. The molecule has 0 fully saturated rings. The van der Waals surface area contributed by atoms with Gasteiger partial charge in [-0.25, -0.2) is 0 Å². The van der Waals surface area contributed by atoms with Gasteiger partial charge in [0.25, 0.3) is 0 Å². The first kappa shape index (κ1) is 21.0. The molecule has 2 rings (SSSR count). The summed E-state index contributed by atoms with van der Waals surface area (Å²) < 4.78 is 10.7. The van der Waals surface area contributed by atoms with E-state index in [2.05, 4.69) is 10.6 Å². The van der Waals surface area contributed by atoms with E-state index >= 15 is 0 Å². The molecule has 0 saturated carbocycles. The summed E-state index contributed by atoms with van der Waals surface area (Å²) in [6.07, 6.45) is 0. The minimum Gasteiger partial charge on any atom is -0.495 e. The van der Waals surface area contributed by atoms with Gasteiger partial charge in [0.2, 0.25) is 0 Å². The second-order valence-electron chi connectivity index (χ2n) is 5.93. The molecule has 8 heteroatoms. The molecule has 0 aliphatic heterocycles. The molecule has 0 bridgehead atoms. The Balaban J connectivity index is 2.06. The van der Waals surface area contributed by atoms with E-state index in [9.17, 15) is 9.59 Å². The second kappa shape index (κ2) is 9.08. The molecule has 0 heterocycles. The van der Waals surface area contributed by atoms with Crippen LogP contribution in [0.15, 0.2) is 42.5 Å². The first-order chi connectivity index (χ1) is 12.8. The van der Waals surface area contributed by atoms with Gasteiger partial charge in [0.05, 0.1) is 19.3 Å². The van der Waals surface area contributed by atoms with E-state index in [0.29, 0.717) is 21.5 Å². The van der Waals surface area contributed by atoms with Crippen LogP contribution in [0.1, 0.15) is 12.5 Å². The van der Waals surface area contributed by atoms with E-state index in [-0.39, 0.29) is 6.54 Å². The summed E-state index contributed by atoms with van der Waals surface area (Å²) in [5.74, 6) is -1.27. The highest BCUT2D eigenvalue weighted by atomic mass is 35.5. The minimum atomic E-state index is -0.853. The molecule has 2 amide bonds. The summed E-state index contributed by atoms with van der Waals surface area (Å²) in [4.78, 5) is 24.4. The Labute approximate surface area is 167 Å². The quantitative estimate of drug-likeness (QED) is 0.712. The molecule has 0 aromatic heterocycles. The number of benzene rings is 2. The van der Waals surface area contributed by atoms with Crippen molar-refractivity contribution in [2.45, 2.75) is 12.5 Å². The fourth-order valence-corrected chi connectivity index (χ4v) is 2.76. The maximum Gasteiger partial charge on any atom is 0.313 e. The third-order valence-electron chi connectivity index (χ3n) is 4.09. The van der Waals surface area contributed by atoms with Crippen molar-refractivity contribution in [3.05, 3.63) is 58.1 Å². The average molecular weight is 411 g/mol. The molecule has 0 spiro atoms. The molecule has 2 aromatic rings. The maximum absolute atomic E-state index is 12.2. The lowest BCUT2D eigenvalue weighted by Crippen LogP contribution is -2.44. The van der Waals surface area contributed by atoms with Crippen LogP contribution in [0.3, 0.4) is 0 Å². The van der Waals surface area contributed by atoms with Crippen LogP contribution < -0.4 is 15.4 Å². The Hall–Kier alpha value is -2.28. The number of carbonyl (C=O) groups is 2. The van der Waals surface area contributed by atoms with E-state index in [1.807, 2.05) is 6.07 Å². The van der Waals surface area contributed by atoms with Gasteiger partial charge in [-0.05, 0) is 42.8 Å². The van der Waals surface area contributed by atoms with Crippen LogP contribution in [0, 0.1) is 0 Å². The second-order valence-corrected chi connectivity index (χ2v) is 6.80. The van der Waals surface area contributed by atoms with Crippen molar-refractivity contribution in [1.82, 2.24) is 5.32 Å². The van der Waals surface area contributed by atoms with E-state index in [4.69, 9.17) is 32.7 Å². The number of amides is 2. The Morgan fingerprint density at radius 1 is 1.04 bits per heavy atom. The van der Waals surface area contributed by atoms with Crippen molar-refractivity contribution in [1.29, 1.82) is 0 Å². The molecule has 144 valence electrons. The van der Waals surface area contributed by atoms with Crippen molar-refractivity contribution in [2.24, 2.45) is 0 Å². The standard InChI is InChI=1S/C19H20Cl2N2O4/c1-19(27-3,12-5-4-6-13(20)9-12)11-22-17(24)18(25)23-15-10-14(21)7-8-16(15)26-2/h4-10H,11H2,1-3H3,(H,22,24)(H,23,25). The van der Waals surface area contributed by atoms with Gasteiger partial charge in [0.1, 0.15) is 11.4 Å². The number of hydrogen-bond acceptors (Lipinski definition) is 4. The van der Waals surface area contributed by atoms with E-state index in [1.165, 1.54) is 20.3 Å². The van der Waals surface area contributed by atoms with Crippen molar-refractivity contribution in [3.63, 3.8) is 0 Å². The van der Waals surface area contributed by atoms with Gasteiger partial charge in [-0.15, -0.1) is 0 Å². The molecule has 0 aliphatic carbocycles. The highest BCUT2D eigenvalue weighted by Crippen LogP contribution is 2.28. The van der Waals surface area contributed by atoms with Gasteiger partial charge < -0.3 is 20.1 Å². The smallest absolute Gasteiger partial charge is 0.313 e. The number of ether oxygens (including phenoxy) is 2. The van der Waals surface area contributed by atoms with Crippen LogP contribution in [0.25, 0.3) is 0 Å². The van der Waals surface area contributed by atoms with Crippen molar-refractivity contribution < 1.29 is 19.1 Å². The molecule has 1 unspecified atom stereocenters. The third kappa shape index (κ3) is 5.35. The summed E-state index contributed by atoms with van der Waals surface area (Å²) in [7, 11) is 2.97. The number of hydrogen-bond donors (Lipinski definition) is 2. The molecular weight excluding hydrogens is 391 g/mol. The molecule has 1 atom stereocenters. The van der Waals surface area contributed by atoms with E-state index < -0.39 is 17.4 Å². The average Bonchev–Trinajstić information content (AvgIpc) is 2.66. The Bertz CT molecular complexity index is 844. The van der Waals surface area contributed by atoms with Gasteiger partial charge >= 0.3 is 11.8 Å². The Kier molecular flexibility index (Phi) is 7.07. The first-order valence-electron chi connectivity index (χ1n) is 8.03. The lowest BCUT2D eigenvalue weighted by molar-refractivity contribution is -0.137. The van der Waals surface area contributed by atoms with Gasteiger partial charge in [-0.3, -0.25) is 9.59 Å². The molecule has 6 nitrogen and oxygen atoms in total. The van der Waals surface area contributed by atoms with Crippen LogP contribution in [0.4, 0.5) is 5.69 Å². The third-order valence-corrected chi connectivity index (χ3v) is 4.56. The Morgan fingerprint density at radius 2 is 1.74 bits per heavy atom. The summed E-state index contributed by atoms with van der Waals surface area (Å²) >= 11 is 11.9. The summed E-state index contributed by atoms with van der Waals surface area (Å²) in [5.41, 5.74) is 0.221. The van der Waals surface area contributed by atoms with Gasteiger partial charge in [-0.1, -0.05) is 35.3 Å². The fraction of sp³-hybridized carbons (Fsp3) is 0.263. The predicted octanol–water partition coefficient (Wildman–Crippen LogP) is 3.62. The number of rotatable bonds is 6. The van der Waals surface area contributed by atoms with E-state index in [0.717, 1.165) is 5.56 Å². The number of anilines is 1. The number of methoxy groups -OCH3 is 2. The minimum absolute atomic E-state index is 0.0722. The summed E-state index contributed by atoms with van der Waals surface area (Å²) in [6, 6.07) is 11.8. The zero-order valence-corrected chi connectivity index (χ0v) is 16.6. The zero-order valence-electron chi connectivity index (χ0n) is 15.1. The van der Waals surface area contributed by atoms with Gasteiger partial charge in [0.15, 0.2) is 0 Å². The largest absolute Gasteiger partial charge is 0.495 e. The molecule has 0 saturated heterocycles. The molecular formula is C19H20Cl2N2O4. The van der Waals surface area contributed by atoms with Crippen molar-refractivity contribution in [3.8, 4) is 5.75 Å². The van der Waals surface area contributed by atoms with Crippen LogP contribution in [-0.4, -0.2) is 32.6 Å². The lowest BCUT2D eigenvalue weighted by atomic mass is 9.95. The zero-order chi connectivity index (χ0) is 20.0. The predicted molar refractivity (Wildman–Crippen MR) is 105 cm³/mol. The van der Waals surface area contributed by atoms with Crippen LogP contribution in [-0.2, 0) is 19.9 Å². The number of nitrogens with one attached hydrogen (secondary N) is 2. The molecule has 0 radical (unpaired) electrons. The van der Waals surface area contributed by atoms with Gasteiger partial charge in [0, 0.05) is 17.2 Å². The molecule has 27 heavy (non-hydrogen) atoms. The Morgan fingerprint density at radius 3 is 2.37 bits per heavy atom. The van der Waals surface area contributed by atoms with Gasteiger partial charge in [-0.2, -0.15) is 0 Å².